The summed E-state index contributed by atoms with van der Waals surface area (Å²) in [6.07, 6.45) is -4.76. The molecule has 21 heavy (non-hydrogen) atoms. The summed E-state index contributed by atoms with van der Waals surface area (Å²) >= 11 is 5.04. The van der Waals surface area contributed by atoms with E-state index in [1.165, 1.54) is 24.1 Å². The van der Waals surface area contributed by atoms with Gasteiger partial charge in [-0.15, -0.1) is 0 Å². The van der Waals surface area contributed by atoms with E-state index in [1.54, 1.807) is 6.92 Å². The average molecular weight is 313 g/mol. The van der Waals surface area contributed by atoms with Crippen LogP contribution in [-0.2, 0) is 11.0 Å². The average Bonchev–Trinajstić information content (AvgIpc) is 2.61. The molecule has 0 radical (unpaired) electrons. The molecule has 1 atom stereocenters. The fraction of sp³-hybridized carbons (Fsp3) is 0.308. The second kappa shape index (κ2) is 5.00. The third-order valence-electron chi connectivity index (χ3n) is 3.34. The van der Waals surface area contributed by atoms with Gasteiger partial charge in [-0.25, -0.2) is 0 Å². The number of hydrogen-bond acceptors (Lipinski definition) is 3. The van der Waals surface area contributed by atoms with Crippen LogP contribution in [0.2, 0.25) is 0 Å². The van der Waals surface area contributed by atoms with Crippen LogP contribution in [0.5, 0.6) is 0 Å². The van der Waals surface area contributed by atoms with Crippen molar-refractivity contribution in [2.24, 2.45) is 0 Å². The standard InChI is InChI=1S/C13H10F3N3OS/c1-7-11(20)19(12(21)18(7)2)9-5-3-4-8(6-17)10(9)13(14,15)16/h3-5,7H,1-2H3. The Bertz CT molecular complexity index is 646. The largest absolute Gasteiger partial charge is 0.419 e. The van der Waals surface area contributed by atoms with Crippen molar-refractivity contribution in [2.45, 2.75) is 19.1 Å². The molecular formula is C13H10F3N3OS. The number of thiocarbonyl (C=S) groups is 1. The van der Waals surface area contributed by atoms with Gasteiger partial charge in [0.1, 0.15) is 6.04 Å². The third-order valence-corrected chi connectivity index (χ3v) is 3.81. The van der Waals surface area contributed by atoms with Crippen LogP contribution >= 0.6 is 12.2 Å². The highest BCUT2D eigenvalue weighted by atomic mass is 32.1. The molecule has 0 N–H and O–H groups in total. The highest BCUT2D eigenvalue weighted by molar-refractivity contribution is 7.80. The van der Waals surface area contributed by atoms with Crippen LogP contribution in [0.1, 0.15) is 18.1 Å². The van der Waals surface area contributed by atoms with Crippen molar-refractivity contribution < 1.29 is 18.0 Å². The fourth-order valence-corrected chi connectivity index (χ4v) is 2.46. The summed E-state index contributed by atoms with van der Waals surface area (Å²) < 4.78 is 39.8. The van der Waals surface area contributed by atoms with Crippen LogP contribution < -0.4 is 4.90 Å². The molecule has 0 spiro atoms. The van der Waals surface area contributed by atoms with Gasteiger partial charge in [0.05, 0.1) is 22.9 Å². The first kappa shape index (κ1) is 15.3. The summed E-state index contributed by atoms with van der Waals surface area (Å²) in [5, 5.41) is 8.87. The molecule has 1 aromatic rings. The first-order valence-corrected chi connectivity index (χ1v) is 6.32. The Hall–Kier alpha value is -2.14. The Labute approximate surface area is 124 Å². The van der Waals surface area contributed by atoms with E-state index in [0.717, 1.165) is 17.0 Å². The third kappa shape index (κ3) is 2.34. The molecule has 2 rings (SSSR count). The summed E-state index contributed by atoms with van der Waals surface area (Å²) in [6.45, 7) is 1.55. The van der Waals surface area contributed by atoms with Crippen molar-refractivity contribution in [1.29, 1.82) is 5.26 Å². The summed E-state index contributed by atoms with van der Waals surface area (Å²) in [4.78, 5) is 14.4. The van der Waals surface area contributed by atoms with Crippen LogP contribution in [0.3, 0.4) is 0 Å². The highest BCUT2D eigenvalue weighted by Crippen LogP contribution is 2.40. The molecule has 4 nitrogen and oxygen atoms in total. The second-order valence-corrected chi connectivity index (χ2v) is 4.92. The van der Waals surface area contributed by atoms with Gasteiger partial charge in [0.15, 0.2) is 5.11 Å². The number of anilines is 1. The van der Waals surface area contributed by atoms with Crippen molar-refractivity contribution >= 4 is 28.9 Å². The molecule has 0 saturated carbocycles. The monoisotopic (exact) mass is 313 g/mol. The van der Waals surface area contributed by atoms with E-state index in [0.29, 0.717) is 0 Å². The highest BCUT2D eigenvalue weighted by Gasteiger charge is 2.44. The molecule has 1 fully saturated rings. The van der Waals surface area contributed by atoms with Gasteiger partial charge in [0.2, 0.25) is 0 Å². The predicted molar refractivity (Wildman–Crippen MR) is 73.5 cm³/mol. The van der Waals surface area contributed by atoms with Gasteiger partial charge < -0.3 is 4.90 Å². The fourth-order valence-electron chi connectivity index (χ4n) is 2.11. The van der Waals surface area contributed by atoms with E-state index in [2.05, 4.69) is 0 Å². The van der Waals surface area contributed by atoms with Crippen molar-refractivity contribution in [3.63, 3.8) is 0 Å². The number of benzene rings is 1. The molecule has 1 aromatic carbocycles. The van der Waals surface area contributed by atoms with Crippen LogP contribution in [0.4, 0.5) is 18.9 Å². The maximum absolute atomic E-state index is 13.3. The number of carbonyl (C=O) groups excluding carboxylic acids is 1. The Morgan fingerprint density at radius 3 is 2.43 bits per heavy atom. The number of amides is 1. The quantitative estimate of drug-likeness (QED) is 0.748. The minimum absolute atomic E-state index is 0.0203. The lowest BCUT2D eigenvalue weighted by atomic mass is 10.0. The summed E-state index contributed by atoms with van der Waals surface area (Å²) in [5.41, 5.74) is -2.10. The Kier molecular flexibility index (Phi) is 3.63. The Morgan fingerprint density at radius 1 is 1.38 bits per heavy atom. The summed E-state index contributed by atoms with van der Waals surface area (Å²) in [7, 11) is 1.53. The number of carbonyl (C=O) groups is 1. The first-order valence-electron chi connectivity index (χ1n) is 5.91. The van der Waals surface area contributed by atoms with Crippen molar-refractivity contribution in [2.75, 3.05) is 11.9 Å². The first-order chi connectivity index (χ1) is 9.70. The molecule has 1 heterocycles. The number of halogens is 3. The number of likely N-dealkylation sites (N-methyl/N-ethyl adjacent to an activating group) is 1. The van der Waals surface area contributed by atoms with Gasteiger partial charge in [0, 0.05) is 7.05 Å². The molecular weight excluding hydrogens is 303 g/mol. The SMILES string of the molecule is CC1C(=O)N(c2cccc(C#N)c2C(F)(F)F)C(=S)N1C. The van der Waals surface area contributed by atoms with Crippen molar-refractivity contribution in [1.82, 2.24) is 4.90 Å². The van der Waals surface area contributed by atoms with Gasteiger partial charge in [-0.2, -0.15) is 18.4 Å². The minimum atomic E-state index is -4.76. The van der Waals surface area contributed by atoms with Crippen LogP contribution in [0, 0.1) is 11.3 Å². The normalized spacial score (nSPS) is 19.1. The van der Waals surface area contributed by atoms with Crippen LogP contribution in [0.25, 0.3) is 0 Å². The summed E-state index contributed by atoms with van der Waals surface area (Å²) in [6, 6.07) is 4.35. The number of nitrogens with zero attached hydrogens (tertiary/aromatic N) is 3. The lowest BCUT2D eigenvalue weighted by Gasteiger charge is -2.22. The Balaban J connectivity index is 2.69. The van der Waals surface area contributed by atoms with Crippen LogP contribution in [0.15, 0.2) is 18.2 Å². The lowest BCUT2D eigenvalue weighted by Crippen LogP contribution is -2.33. The predicted octanol–water partition coefficient (Wildman–Crippen LogP) is 2.53. The lowest BCUT2D eigenvalue weighted by molar-refractivity contribution is -0.137. The summed E-state index contributed by atoms with van der Waals surface area (Å²) in [5.74, 6) is -0.553. The van der Waals surface area contributed by atoms with Gasteiger partial charge in [-0.3, -0.25) is 9.69 Å². The molecule has 8 heteroatoms. The molecule has 110 valence electrons. The van der Waals surface area contributed by atoms with Crippen molar-refractivity contribution in [3.8, 4) is 6.07 Å². The molecule has 0 bridgehead atoms. The smallest absolute Gasteiger partial charge is 0.340 e. The van der Waals surface area contributed by atoms with E-state index in [1.807, 2.05) is 0 Å². The van der Waals surface area contributed by atoms with E-state index < -0.39 is 34.9 Å². The van der Waals surface area contributed by atoms with E-state index in [-0.39, 0.29) is 5.11 Å². The molecule has 0 aliphatic carbocycles. The molecule has 1 aliphatic heterocycles. The Morgan fingerprint density at radius 2 is 2.00 bits per heavy atom. The number of hydrogen-bond donors (Lipinski definition) is 0. The number of alkyl halides is 3. The molecule has 1 aliphatic rings. The zero-order valence-electron chi connectivity index (χ0n) is 11.1. The van der Waals surface area contributed by atoms with Crippen molar-refractivity contribution in [3.05, 3.63) is 29.3 Å². The van der Waals surface area contributed by atoms with E-state index in [9.17, 15) is 18.0 Å². The second-order valence-electron chi connectivity index (χ2n) is 4.55. The zero-order valence-corrected chi connectivity index (χ0v) is 11.9. The molecule has 1 amide bonds. The number of nitriles is 1. The van der Waals surface area contributed by atoms with Gasteiger partial charge in [0.25, 0.3) is 5.91 Å². The van der Waals surface area contributed by atoms with E-state index >= 15 is 0 Å². The molecule has 0 aromatic heterocycles. The maximum atomic E-state index is 13.3. The minimum Gasteiger partial charge on any atom is -0.340 e. The maximum Gasteiger partial charge on any atom is 0.419 e. The number of rotatable bonds is 1. The van der Waals surface area contributed by atoms with Gasteiger partial charge in [-0.1, -0.05) is 6.07 Å². The topological polar surface area (TPSA) is 47.3 Å². The zero-order chi connectivity index (χ0) is 15.9. The van der Waals surface area contributed by atoms with E-state index in [4.69, 9.17) is 17.5 Å². The van der Waals surface area contributed by atoms with Gasteiger partial charge in [-0.05, 0) is 31.3 Å². The molecule has 1 unspecified atom stereocenters. The van der Waals surface area contributed by atoms with Crippen LogP contribution in [-0.4, -0.2) is 29.0 Å². The molecule has 1 saturated heterocycles. The van der Waals surface area contributed by atoms with Gasteiger partial charge >= 0.3 is 6.18 Å².